The highest BCUT2D eigenvalue weighted by atomic mass is 35.5. The SMILES string of the molecule is CC1(C)OCC(=S)NC(C)(c2cc(-c3nc4ccc(Cl)cc4o3)c(F)cc2F)C1(F)F. The van der Waals surface area contributed by atoms with Gasteiger partial charge in [-0.15, -0.1) is 0 Å². The van der Waals surface area contributed by atoms with Crippen LogP contribution in [0.5, 0.6) is 0 Å². The summed E-state index contributed by atoms with van der Waals surface area (Å²) in [7, 11) is 0. The number of fused-ring (bicyclic) bond motifs is 1. The topological polar surface area (TPSA) is 47.3 Å². The number of hydrogen-bond acceptors (Lipinski definition) is 4. The first-order chi connectivity index (χ1) is 14.4. The Labute approximate surface area is 185 Å². The van der Waals surface area contributed by atoms with Crippen LogP contribution in [0.25, 0.3) is 22.6 Å². The van der Waals surface area contributed by atoms with Gasteiger partial charge in [0.25, 0.3) is 0 Å². The second-order valence-electron chi connectivity index (χ2n) is 7.99. The van der Waals surface area contributed by atoms with E-state index in [1.165, 1.54) is 19.9 Å². The number of halogens is 5. The molecule has 1 fully saturated rings. The van der Waals surface area contributed by atoms with Gasteiger partial charge in [0.15, 0.2) is 5.58 Å². The third kappa shape index (κ3) is 3.39. The minimum atomic E-state index is -3.65. The molecule has 1 aromatic heterocycles. The van der Waals surface area contributed by atoms with E-state index >= 15 is 8.78 Å². The number of nitrogens with one attached hydrogen (secondary N) is 1. The lowest BCUT2D eigenvalue weighted by Crippen LogP contribution is -2.62. The summed E-state index contributed by atoms with van der Waals surface area (Å²) in [5, 5.41) is 2.89. The smallest absolute Gasteiger partial charge is 0.302 e. The van der Waals surface area contributed by atoms with Gasteiger partial charge in [-0.05, 0) is 39.0 Å². The molecule has 10 heteroatoms. The van der Waals surface area contributed by atoms with Crippen molar-refractivity contribution in [2.24, 2.45) is 0 Å². The molecule has 4 nitrogen and oxygen atoms in total. The van der Waals surface area contributed by atoms with Crippen LogP contribution in [0.15, 0.2) is 34.7 Å². The molecule has 1 aliphatic rings. The van der Waals surface area contributed by atoms with Crippen molar-refractivity contribution in [1.29, 1.82) is 0 Å². The van der Waals surface area contributed by atoms with Crippen LogP contribution in [0.3, 0.4) is 0 Å². The Kier molecular flexibility index (Phi) is 5.07. The molecule has 0 saturated carbocycles. The first-order valence-corrected chi connectivity index (χ1v) is 10.0. The minimum absolute atomic E-state index is 0.0328. The standard InChI is InChI=1S/C21H17ClF4N2O2S/c1-19(2)21(25,26)20(3,28-17(31)9-29-19)12-7-11(13(23)8-14(12)24)18-27-15-5-4-10(22)6-16(15)30-18/h4-8H,9H2,1-3H3,(H,28,31). The van der Waals surface area contributed by atoms with Gasteiger partial charge in [0.2, 0.25) is 5.89 Å². The number of benzene rings is 2. The van der Waals surface area contributed by atoms with Crippen molar-refractivity contribution >= 4 is 39.9 Å². The lowest BCUT2D eigenvalue weighted by molar-refractivity contribution is -0.216. The lowest BCUT2D eigenvalue weighted by atomic mass is 9.77. The molecule has 1 saturated heterocycles. The Morgan fingerprint density at radius 3 is 2.52 bits per heavy atom. The number of nitrogens with zero attached hydrogens (tertiary/aromatic N) is 1. The highest BCUT2D eigenvalue weighted by Gasteiger charge is 2.64. The second-order valence-corrected chi connectivity index (χ2v) is 8.92. The van der Waals surface area contributed by atoms with E-state index in [1.807, 2.05) is 0 Å². The van der Waals surface area contributed by atoms with E-state index in [2.05, 4.69) is 10.3 Å². The number of hydrogen-bond donors (Lipinski definition) is 1. The average molecular weight is 473 g/mol. The fourth-order valence-corrected chi connectivity index (χ4v) is 4.10. The summed E-state index contributed by atoms with van der Waals surface area (Å²) in [6.07, 6.45) is 0. The van der Waals surface area contributed by atoms with Crippen LogP contribution in [0.1, 0.15) is 26.3 Å². The first-order valence-electron chi connectivity index (χ1n) is 9.24. The molecule has 0 bridgehead atoms. The minimum Gasteiger partial charge on any atom is -0.436 e. The van der Waals surface area contributed by atoms with Crippen LogP contribution < -0.4 is 5.32 Å². The summed E-state index contributed by atoms with van der Waals surface area (Å²) in [5.41, 5.74) is -4.47. The maximum absolute atomic E-state index is 15.6. The predicted octanol–water partition coefficient (Wildman–Crippen LogP) is 6.00. The van der Waals surface area contributed by atoms with Crippen LogP contribution >= 0.6 is 23.8 Å². The third-order valence-electron chi connectivity index (χ3n) is 5.51. The van der Waals surface area contributed by atoms with E-state index in [0.29, 0.717) is 16.6 Å². The van der Waals surface area contributed by atoms with Crippen molar-refractivity contribution in [1.82, 2.24) is 10.3 Å². The van der Waals surface area contributed by atoms with Crippen molar-refractivity contribution in [3.05, 3.63) is 52.6 Å². The van der Waals surface area contributed by atoms with Crippen LogP contribution in [0.2, 0.25) is 5.02 Å². The first kappa shape index (κ1) is 22.0. The zero-order valence-electron chi connectivity index (χ0n) is 16.7. The number of rotatable bonds is 2. The van der Waals surface area contributed by atoms with E-state index in [4.69, 9.17) is 33.0 Å². The Balaban J connectivity index is 1.93. The van der Waals surface area contributed by atoms with E-state index < -0.39 is 34.3 Å². The van der Waals surface area contributed by atoms with Crippen molar-refractivity contribution in [2.45, 2.75) is 37.8 Å². The molecular weight excluding hydrogens is 456 g/mol. The molecule has 0 radical (unpaired) electrons. The van der Waals surface area contributed by atoms with E-state index in [1.54, 1.807) is 12.1 Å². The van der Waals surface area contributed by atoms with Gasteiger partial charge >= 0.3 is 5.92 Å². The molecule has 0 spiro atoms. The molecule has 1 unspecified atom stereocenters. The van der Waals surface area contributed by atoms with Crippen LogP contribution in [-0.4, -0.2) is 28.1 Å². The summed E-state index contributed by atoms with van der Waals surface area (Å²) in [6.45, 7) is 3.21. The third-order valence-corrected chi connectivity index (χ3v) is 5.97. The molecule has 31 heavy (non-hydrogen) atoms. The Morgan fingerprint density at radius 1 is 1.10 bits per heavy atom. The molecular formula is C21H17ClF4N2O2S. The molecule has 3 aromatic rings. The summed E-state index contributed by atoms with van der Waals surface area (Å²) in [6, 6.07) is 6.10. The van der Waals surface area contributed by atoms with E-state index in [9.17, 15) is 8.78 Å². The normalized spacial score (nSPS) is 22.9. The van der Waals surface area contributed by atoms with Gasteiger partial charge < -0.3 is 14.5 Å². The molecule has 1 atom stereocenters. The predicted molar refractivity (Wildman–Crippen MR) is 112 cm³/mol. The maximum Gasteiger partial charge on any atom is 0.302 e. The largest absolute Gasteiger partial charge is 0.436 e. The highest BCUT2D eigenvalue weighted by molar-refractivity contribution is 7.80. The zero-order chi connectivity index (χ0) is 22.8. The summed E-state index contributed by atoms with van der Waals surface area (Å²) in [4.78, 5) is 4.14. The second kappa shape index (κ2) is 7.15. The van der Waals surface area contributed by atoms with Gasteiger partial charge in [-0.2, -0.15) is 0 Å². The average Bonchev–Trinajstić information content (AvgIpc) is 3.06. The molecule has 2 heterocycles. The molecule has 1 N–H and O–H groups in total. The Hall–Kier alpha value is -2.23. The summed E-state index contributed by atoms with van der Waals surface area (Å²) < 4.78 is 71.7. The maximum atomic E-state index is 15.6. The molecule has 0 amide bonds. The molecule has 2 aromatic carbocycles. The highest BCUT2D eigenvalue weighted by Crippen LogP contribution is 2.49. The van der Waals surface area contributed by atoms with Gasteiger partial charge in [-0.3, -0.25) is 0 Å². The van der Waals surface area contributed by atoms with Gasteiger partial charge in [0, 0.05) is 22.7 Å². The van der Waals surface area contributed by atoms with Gasteiger partial charge in [0.05, 0.1) is 12.2 Å². The van der Waals surface area contributed by atoms with Crippen molar-refractivity contribution < 1.29 is 26.7 Å². The van der Waals surface area contributed by atoms with Crippen LogP contribution in [0, 0.1) is 11.6 Å². The monoisotopic (exact) mass is 472 g/mol. The number of thiocarbonyl (C=S) groups is 1. The number of ether oxygens (including phenoxy) is 1. The van der Waals surface area contributed by atoms with Gasteiger partial charge in [0.1, 0.15) is 33.3 Å². The molecule has 4 rings (SSSR count). The Bertz CT molecular complexity index is 1210. The summed E-state index contributed by atoms with van der Waals surface area (Å²) >= 11 is 11.0. The zero-order valence-corrected chi connectivity index (χ0v) is 18.2. The van der Waals surface area contributed by atoms with Crippen molar-refractivity contribution in [2.75, 3.05) is 6.61 Å². The number of oxazole rings is 1. The van der Waals surface area contributed by atoms with Crippen molar-refractivity contribution in [3.63, 3.8) is 0 Å². The van der Waals surface area contributed by atoms with Crippen molar-refractivity contribution in [3.8, 4) is 11.5 Å². The number of aromatic nitrogens is 1. The fourth-order valence-electron chi connectivity index (χ4n) is 3.68. The fraction of sp³-hybridized carbons (Fsp3) is 0.333. The van der Waals surface area contributed by atoms with E-state index in [0.717, 1.165) is 13.0 Å². The quantitative estimate of drug-likeness (QED) is 0.366. The molecule has 1 aliphatic heterocycles. The van der Waals surface area contributed by atoms with Gasteiger partial charge in [-0.25, -0.2) is 22.5 Å². The lowest BCUT2D eigenvalue weighted by Gasteiger charge is -2.44. The molecule has 164 valence electrons. The molecule has 0 aliphatic carbocycles. The summed E-state index contributed by atoms with van der Waals surface area (Å²) in [5.74, 6) is -6.03. The van der Waals surface area contributed by atoms with Crippen LogP contribution in [-0.2, 0) is 10.3 Å². The van der Waals surface area contributed by atoms with Gasteiger partial charge in [-0.1, -0.05) is 23.8 Å². The van der Waals surface area contributed by atoms with E-state index in [-0.39, 0.29) is 28.6 Å². The van der Waals surface area contributed by atoms with Crippen LogP contribution in [0.4, 0.5) is 17.6 Å². The Morgan fingerprint density at radius 2 is 1.81 bits per heavy atom. The number of alkyl halides is 2.